The third-order valence-corrected chi connectivity index (χ3v) is 2.72. The van der Waals surface area contributed by atoms with E-state index in [1.54, 1.807) is 0 Å². The standard InChI is InChI=1S/C14H24N2O/c1-2-14(17)16-11-7-6-10-15-12-13-8-4-3-5-9-13/h3-5,8-9,14-17H,2,6-7,10-12H2,1H3. The molecule has 0 spiro atoms. The van der Waals surface area contributed by atoms with Crippen LogP contribution in [0.1, 0.15) is 31.7 Å². The van der Waals surface area contributed by atoms with E-state index in [-0.39, 0.29) is 6.23 Å². The molecule has 0 saturated heterocycles. The van der Waals surface area contributed by atoms with Crippen molar-refractivity contribution in [2.75, 3.05) is 13.1 Å². The van der Waals surface area contributed by atoms with Gasteiger partial charge in [0.1, 0.15) is 6.23 Å². The summed E-state index contributed by atoms with van der Waals surface area (Å²) in [6, 6.07) is 10.4. The van der Waals surface area contributed by atoms with Crippen molar-refractivity contribution in [2.45, 2.75) is 39.0 Å². The van der Waals surface area contributed by atoms with Crippen molar-refractivity contribution in [3.8, 4) is 0 Å². The van der Waals surface area contributed by atoms with Crippen LogP contribution in [0.25, 0.3) is 0 Å². The number of aliphatic hydroxyl groups is 1. The number of rotatable bonds is 9. The number of nitrogens with one attached hydrogen (secondary N) is 2. The second-order valence-electron chi connectivity index (χ2n) is 4.25. The fourth-order valence-corrected chi connectivity index (χ4v) is 1.62. The van der Waals surface area contributed by atoms with E-state index in [1.807, 2.05) is 13.0 Å². The minimum absolute atomic E-state index is 0.340. The Bertz CT molecular complexity index is 277. The Morgan fingerprint density at radius 3 is 2.53 bits per heavy atom. The van der Waals surface area contributed by atoms with E-state index < -0.39 is 0 Å². The van der Waals surface area contributed by atoms with Crippen LogP contribution in [-0.4, -0.2) is 24.4 Å². The quantitative estimate of drug-likeness (QED) is 0.453. The van der Waals surface area contributed by atoms with Crippen molar-refractivity contribution in [1.29, 1.82) is 0 Å². The number of unbranched alkanes of at least 4 members (excludes halogenated alkanes) is 1. The lowest BCUT2D eigenvalue weighted by atomic mass is 10.2. The molecule has 0 aromatic heterocycles. The molecule has 0 aliphatic carbocycles. The molecule has 3 heteroatoms. The van der Waals surface area contributed by atoms with Gasteiger partial charge in [0.05, 0.1) is 0 Å². The van der Waals surface area contributed by atoms with Gasteiger partial charge in [-0.05, 0) is 37.9 Å². The van der Waals surface area contributed by atoms with Crippen molar-refractivity contribution >= 4 is 0 Å². The van der Waals surface area contributed by atoms with Gasteiger partial charge in [0.25, 0.3) is 0 Å². The summed E-state index contributed by atoms with van der Waals surface area (Å²) in [6.45, 7) is 4.83. The fraction of sp³-hybridized carbons (Fsp3) is 0.571. The summed E-state index contributed by atoms with van der Waals surface area (Å²) < 4.78 is 0. The van der Waals surface area contributed by atoms with E-state index in [0.717, 1.165) is 38.9 Å². The average molecular weight is 236 g/mol. The molecule has 0 heterocycles. The summed E-state index contributed by atoms with van der Waals surface area (Å²) in [7, 11) is 0. The largest absolute Gasteiger partial charge is 0.379 e. The highest BCUT2D eigenvalue weighted by molar-refractivity contribution is 5.14. The molecule has 1 rings (SSSR count). The first-order valence-corrected chi connectivity index (χ1v) is 6.49. The fourth-order valence-electron chi connectivity index (χ4n) is 1.62. The Morgan fingerprint density at radius 1 is 1.12 bits per heavy atom. The number of hydrogen-bond acceptors (Lipinski definition) is 3. The van der Waals surface area contributed by atoms with E-state index in [1.165, 1.54) is 5.56 Å². The van der Waals surface area contributed by atoms with Crippen LogP contribution >= 0.6 is 0 Å². The van der Waals surface area contributed by atoms with Gasteiger partial charge in [0, 0.05) is 6.54 Å². The third kappa shape index (κ3) is 7.10. The first kappa shape index (κ1) is 14.2. The molecule has 0 aliphatic rings. The molecule has 0 fully saturated rings. The number of benzene rings is 1. The number of aliphatic hydroxyl groups excluding tert-OH is 1. The Balaban J connectivity index is 1.91. The molecule has 0 radical (unpaired) electrons. The zero-order valence-corrected chi connectivity index (χ0v) is 10.7. The minimum atomic E-state index is -0.340. The van der Waals surface area contributed by atoms with Crippen LogP contribution in [0.4, 0.5) is 0 Å². The van der Waals surface area contributed by atoms with Crippen molar-refractivity contribution < 1.29 is 5.11 Å². The van der Waals surface area contributed by atoms with Gasteiger partial charge in [-0.3, -0.25) is 5.32 Å². The molecule has 0 bridgehead atoms. The maximum Gasteiger partial charge on any atom is 0.104 e. The van der Waals surface area contributed by atoms with E-state index in [4.69, 9.17) is 0 Å². The van der Waals surface area contributed by atoms with Crippen LogP contribution in [0.5, 0.6) is 0 Å². The molecule has 0 aliphatic heterocycles. The SMILES string of the molecule is CCC(O)NCCCCNCc1ccccc1. The van der Waals surface area contributed by atoms with Gasteiger partial charge < -0.3 is 10.4 Å². The summed E-state index contributed by atoms with van der Waals surface area (Å²) in [5.74, 6) is 0. The van der Waals surface area contributed by atoms with E-state index in [2.05, 4.69) is 34.9 Å². The van der Waals surface area contributed by atoms with Gasteiger partial charge >= 0.3 is 0 Å². The molecule has 96 valence electrons. The smallest absolute Gasteiger partial charge is 0.104 e. The van der Waals surface area contributed by atoms with Crippen LogP contribution < -0.4 is 10.6 Å². The van der Waals surface area contributed by atoms with E-state index in [9.17, 15) is 5.11 Å². The average Bonchev–Trinajstić information content (AvgIpc) is 2.38. The molecular weight excluding hydrogens is 212 g/mol. The highest BCUT2D eigenvalue weighted by atomic mass is 16.3. The summed E-state index contributed by atoms with van der Waals surface area (Å²) in [4.78, 5) is 0. The molecular formula is C14H24N2O. The summed E-state index contributed by atoms with van der Waals surface area (Å²) in [5.41, 5.74) is 1.33. The Morgan fingerprint density at radius 2 is 1.82 bits per heavy atom. The predicted octanol–water partition coefficient (Wildman–Crippen LogP) is 1.87. The third-order valence-electron chi connectivity index (χ3n) is 2.72. The predicted molar refractivity (Wildman–Crippen MR) is 71.7 cm³/mol. The van der Waals surface area contributed by atoms with E-state index >= 15 is 0 Å². The molecule has 0 amide bonds. The molecule has 3 N–H and O–H groups in total. The highest BCUT2D eigenvalue weighted by Crippen LogP contribution is 1.97. The van der Waals surface area contributed by atoms with Crippen molar-refractivity contribution in [3.63, 3.8) is 0 Å². The van der Waals surface area contributed by atoms with E-state index in [0.29, 0.717) is 0 Å². The lowest BCUT2D eigenvalue weighted by Crippen LogP contribution is -2.29. The molecule has 1 aromatic rings. The summed E-state index contributed by atoms with van der Waals surface area (Å²) in [6.07, 6.45) is 2.66. The molecule has 0 saturated carbocycles. The zero-order chi connectivity index (χ0) is 12.3. The normalized spacial score (nSPS) is 12.6. The highest BCUT2D eigenvalue weighted by Gasteiger charge is 1.97. The van der Waals surface area contributed by atoms with Gasteiger partial charge in [-0.25, -0.2) is 0 Å². The van der Waals surface area contributed by atoms with Gasteiger partial charge in [-0.2, -0.15) is 0 Å². The number of hydrogen-bond donors (Lipinski definition) is 3. The molecule has 1 aromatic carbocycles. The van der Waals surface area contributed by atoms with Crippen LogP contribution in [0.3, 0.4) is 0 Å². The minimum Gasteiger partial charge on any atom is -0.379 e. The lowest BCUT2D eigenvalue weighted by Gasteiger charge is -2.10. The van der Waals surface area contributed by atoms with Crippen LogP contribution in [0, 0.1) is 0 Å². The van der Waals surface area contributed by atoms with Gasteiger partial charge in [0.15, 0.2) is 0 Å². The summed E-state index contributed by atoms with van der Waals surface area (Å²) in [5, 5.41) is 15.8. The Labute approximate surface area is 104 Å². The first-order chi connectivity index (χ1) is 8.33. The maximum atomic E-state index is 9.28. The van der Waals surface area contributed by atoms with Gasteiger partial charge in [0.2, 0.25) is 0 Å². The molecule has 3 nitrogen and oxygen atoms in total. The van der Waals surface area contributed by atoms with Crippen LogP contribution in [0.15, 0.2) is 30.3 Å². The Kier molecular flexibility index (Phi) is 7.63. The van der Waals surface area contributed by atoms with Crippen molar-refractivity contribution in [3.05, 3.63) is 35.9 Å². The lowest BCUT2D eigenvalue weighted by molar-refractivity contribution is 0.133. The zero-order valence-electron chi connectivity index (χ0n) is 10.7. The molecule has 1 unspecified atom stereocenters. The van der Waals surface area contributed by atoms with Gasteiger partial charge in [-0.15, -0.1) is 0 Å². The topological polar surface area (TPSA) is 44.3 Å². The van der Waals surface area contributed by atoms with Crippen LogP contribution in [0.2, 0.25) is 0 Å². The maximum absolute atomic E-state index is 9.28. The monoisotopic (exact) mass is 236 g/mol. The first-order valence-electron chi connectivity index (χ1n) is 6.49. The molecule has 17 heavy (non-hydrogen) atoms. The van der Waals surface area contributed by atoms with Crippen molar-refractivity contribution in [1.82, 2.24) is 10.6 Å². The molecule has 1 atom stereocenters. The van der Waals surface area contributed by atoms with Gasteiger partial charge in [-0.1, -0.05) is 37.3 Å². The van der Waals surface area contributed by atoms with Crippen molar-refractivity contribution in [2.24, 2.45) is 0 Å². The second kappa shape index (κ2) is 9.16. The Hall–Kier alpha value is -0.900. The van der Waals surface area contributed by atoms with Crippen LogP contribution in [-0.2, 0) is 6.54 Å². The summed E-state index contributed by atoms with van der Waals surface area (Å²) >= 11 is 0. The second-order valence-corrected chi connectivity index (χ2v) is 4.25.